The van der Waals surface area contributed by atoms with Crippen LogP contribution >= 0.6 is 0 Å². The van der Waals surface area contributed by atoms with Crippen LogP contribution in [0.25, 0.3) is 0 Å². The van der Waals surface area contributed by atoms with Gasteiger partial charge in [0, 0.05) is 8.41 Å². The van der Waals surface area contributed by atoms with Gasteiger partial charge in [-0.3, -0.25) is 0 Å². The summed E-state index contributed by atoms with van der Waals surface area (Å²) in [5.74, 6) is 0.861. The zero-order valence-electron chi connectivity index (χ0n) is 12.0. The normalized spacial score (nSPS) is 23.6. The van der Waals surface area contributed by atoms with E-state index in [-0.39, 0.29) is 8.41 Å². The molecule has 1 aliphatic heterocycles. The van der Waals surface area contributed by atoms with Crippen molar-refractivity contribution in [3.05, 3.63) is 35.4 Å². The molecule has 1 aliphatic carbocycles. The summed E-state index contributed by atoms with van der Waals surface area (Å²) >= 11 is 0. The Kier molecular flexibility index (Phi) is 5.46. The van der Waals surface area contributed by atoms with E-state index in [0.29, 0.717) is 5.41 Å². The molecule has 1 heterocycles. The standard InChI is InChI=1S/C14H19N.C2H6.B/c1-11-2-4-12(5-3-11)13-10-14(13)6-8-15-9-7-14;1-2;/h2-5,13,15H,6-10H2,1H3;1-2H3;/t13-;;/m1../s1. The molecule has 1 aromatic rings. The van der Waals surface area contributed by atoms with E-state index in [2.05, 4.69) is 36.5 Å². The minimum Gasteiger partial charge on any atom is -0.317 e. The molecule has 0 bridgehead atoms. The van der Waals surface area contributed by atoms with Crippen LogP contribution in [0, 0.1) is 12.3 Å². The van der Waals surface area contributed by atoms with E-state index in [1.807, 2.05) is 13.8 Å². The summed E-state index contributed by atoms with van der Waals surface area (Å²) in [6, 6.07) is 9.17. The van der Waals surface area contributed by atoms with Crippen LogP contribution in [-0.2, 0) is 0 Å². The van der Waals surface area contributed by atoms with Crippen molar-refractivity contribution in [3.63, 3.8) is 0 Å². The van der Waals surface area contributed by atoms with Crippen LogP contribution < -0.4 is 5.32 Å². The first-order valence-corrected chi connectivity index (χ1v) is 7.07. The van der Waals surface area contributed by atoms with Crippen molar-refractivity contribution in [1.82, 2.24) is 5.32 Å². The van der Waals surface area contributed by atoms with Gasteiger partial charge in [-0.25, -0.2) is 0 Å². The Morgan fingerprint density at radius 2 is 1.61 bits per heavy atom. The average Bonchev–Trinajstić information content (AvgIpc) is 3.07. The van der Waals surface area contributed by atoms with Crippen molar-refractivity contribution < 1.29 is 0 Å². The van der Waals surface area contributed by atoms with Gasteiger partial charge in [0.05, 0.1) is 0 Å². The maximum atomic E-state index is 3.46. The van der Waals surface area contributed by atoms with Crippen LogP contribution in [0.2, 0.25) is 0 Å². The molecule has 0 aromatic heterocycles. The number of hydrogen-bond acceptors (Lipinski definition) is 1. The molecule has 1 saturated carbocycles. The van der Waals surface area contributed by atoms with Gasteiger partial charge in [-0.15, -0.1) is 0 Å². The van der Waals surface area contributed by atoms with Crippen molar-refractivity contribution in [1.29, 1.82) is 0 Å². The van der Waals surface area contributed by atoms with Gasteiger partial charge in [-0.1, -0.05) is 43.7 Å². The van der Waals surface area contributed by atoms with Gasteiger partial charge in [-0.2, -0.15) is 0 Å². The quantitative estimate of drug-likeness (QED) is 0.743. The molecule has 97 valence electrons. The van der Waals surface area contributed by atoms with Gasteiger partial charge in [-0.05, 0) is 56.2 Å². The number of benzene rings is 1. The zero-order valence-corrected chi connectivity index (χ0v) is 12.0. The maximum absolute atomic E-state index is 3.46. The Balaban J connectivity index is 0.000000516. The fraction of sp³-hybridized carbons (Fsp3) is 0.625. The Labute approximate surface area is 114 Å². The van der Waals surface area contributed by atoms with Crippen molar-refractivity contribution in [2.45, 2.75) is 46.0 Å². The topological polar surface area (TPSA) is 12.0 Å². The van der Waals surface area contributed by atoms with Crippen LogP contribution in [-0.4, -0.2) is 21.5 Å². The molecular formula is C16H25BN. The molecule has 18 heavy (non-hydrogen) atoms. The number of piperidine rings is 1. The highest BCUT2D eigenvalue weighted by Crippen LogP contribution is 2.64. The number of nitrogens with one attached hydrogen (secondary N) is 1. The molecule has 1 N–H and O–H groups in total. The fourth-order valence-corrected chi connectivity index (χ4v) is 3.10. The predicted molar refractivity (Wildman–Crippen MR) is 80.2 cm³/mol. The Morgan fingerprint density at radius 1 is 1.06 bits per heavy atom. The van der Waals surface area contributed by atoms with Gasteiger partial charge in [0.2, 0.25) is 0 Å². The van der Waals surface area contributed by atoms with Crippen LogP contribution in [0.4, 0.5) is 0 Å². The summed E-state index contributed by atoms with van der Waals surface area (Å²) in [4.78, 5) is 0. The van der Waals surface area contributed by atoms with Crippen LogP contribution in [0.5, 0.6) is 0 Å². The fourth-order valence-electron chi connectivity index (χ4n) is 3.10. The molecule has 1 atom stereocenters. The van der Waals surface area contributed by atoms with Crippen molar-refractivity contribution in [2.75, 3.05) is 13.1 Å². The Hall–Kier alpha value is -0.755. The van der Waals surface area contributed by atoms with E-state index in [4.69, 9.17) is 0 Å². The number of hydrogen-bond donors (Lipinski definition) is 1. The van der Waals surface area contributed by atoms with E-state index in [9.17, 15) is 0 Å². The minimum atomic E-state index is 0. The molecule has 3 radical (unpaired) electrons. The third-order valence-electron chi connectivity index (χ3n) is 4.27. The summed E-state index contributed by atoms with van der Waals surface area (Å²) in [5.41, 5.74) is 3.63. The molecular weight excluding hydrogens is 217 g/mol. The van der Waals surface area contributed by atoms with E-state index in [1.54, 1.807) is 5.56 Å². The smallest absolute Gasteiger partial charge is 0 e. The lowest BCUT2D eigenvalue weighted by Crippen LogP contribution is -2.29. The molecule has 2 heteroatoms. The third-order valence-corrected chi connectivity index (χ3v) is 4.27. The van der Waals surface area contributed by atoms with Gasteiger partial charge >= 0.3 is 0 Å². The van der Waals surface area contributed by atoms with E-state index in [0.717, 1.165) is 5.92 Å². The second kappa shape index (κ2) is 6.42. The SMILES string of the molecule is CC.Cc1ccc([C@H]2CC23CCNCC3)cc1.[B]. The minimum absolute atomic E-state index is 0. The largest absolute Gasteiger partial charge is 0.317 e. The highest BCUT2D eigenvalue weighted by Gasteiger charge is 2.54. The molecule has 2 fully saturated rings. The first-order chi connectivity index (χ1) is 8.30. The molecule has 3 rings (SSSR count). The number of rotatable bonds is 1. The molecule has 2 aliphatic rings. The van der Waals surface area contributed by atoms with E-state index < -0.39 is 0 Å². The molecule has 1 saturated heterocycles. The predicted octanol–water partition coefficient (Wildman–Crippen LogP) is 3.50. The Bertz CT molecular complexity index is 352. The van der Waals surface area contributed by atoms with Crippen LogP contribution in [0.15, 0.2) is 24.3 Å². The highest BCUT2D eigenvalue weighted by atomic mass is 14.9. The zero-order chi connectivity index (χ0) is 12.3. The maximum Gasteiger partial charge on any atom is 0 e. The van der Waals surface area contributed by atoms with Gasteiger partial charge in [0.15, 0.2) is 0 Å². The Morgan fingerprint density at radius 3 is 2.17 bits per heavy atom. The summed E-state index contributed by atoms with van der Waals surface area (Å²) in [5, 5.41) is 3.46. The first kappa shape index (κ1) is 15.3. The summed E-state index contributed by atoms with van der Waals surface area (Å²) in [7, 11) is 0. The first-order valence-electron chi connectivity index (χ1n) is 7.07. The molecule has 1 spiro atoms. The monoisotopic (exact) mass is 242 g/mol. The summed E-state index contributed by atoms with van der Waals surface area (Å²) < 4.78 is 0. The molecule has 0 amide bonds. The van der Waals surface area contributed by atoms with Crippen LogP contribution in [0.1, 0.15) is 50.2 Å². The lowest BCUT2D eigenvalue weighted by Gasteiger charge is -2.23. The van der Waals surface area contributed by atoms with Crippen molar-refractivity contribution >= 4 is 8.41 Å². The lowest BCUT2D eigenvalue weighted by atomic mass is 9.89. The van der Waals surface area contributed by atoms with E-state index in [1.165, 1.54) is 37.9 Å². The van der Waals surface area contributed by atoms with Crippen LogP contribution in [0.3, 0.4) is 0 Å². The van der Waals surface area contributed by atoms with Gasteiger partial charge in [0.1, 0.15) is 0 Å². The molecule has 0 unspecified atom stereocenters. The van der Waals surface area contributed by atoms with E-state index >= 15 is 0 Å². The van der Waals surface area contributed by atoms with Crippen molar-refractivity contribution in [2.24, 2.45) is 5.41 Å². The summed E-state index contributed by atoms with van der Waals surface area (Å²) in [6.45, 7) is 8.61. The average molecular weight is 242 g/mol. The van der Waals surface area contributed by atoms with Gasteiger partial charge < -0.3 is 5.32 Å². The molecule has 1 aromatic carbocycles. The number of aryl methyl sites for hydroxylation is 1. The second-order valence-corrected chi connectivity index (χ2v) is 5.28. The van der Waals surface area contributed by atoms with Gasteiger partial charge in [0.25, 0.3) is 0 Å². The second-order valence-electron chi connectivity index (χ2n) is 5.28. The van der Waals surface area contributed by atoms with Crippen molar-refractivity contribution in [3.8, 4) is 0 Å². The lowest BCUT2D eigenvalue weighted by molar-refractivity contribution is 0.342. The summed E-state index contributed by atoms with van der Waals surface area (Å²) in [6.07, 6.45) is 4.19. The molecule has 1 nitrogen and oxygen atoms in total. The highest BCUT2D eigenvalue weighted by molar-refractivity contribution is 5.75. The third kappa shape index (κ3) is 2.98.